The highest BCUT2D eigenvalue weighted by Crippen LogP contribution is 2.46. The van der Waals surface area contributed by atoms with E-state index in [1.807, 2.05) is 0 Å². The number of aromatic nitrogens is 6. The highest BCUT2D eigenvalue weighted by molar-refractivity contribution is 6.30. The predicted molar refractivity (Wildman–Crippen MR) is 110 cm³/mol. The largest absolute Gasteiger partial charge is 0.486 e. The summed E-state index contributed by atoms with van der Waals surface area (Å²) in [7, 11) is 0. The van der Waals surface area contributed by atoms with Crippen molar-refractivity contribution in [2.75, 3.05) is 0 Å². The van der Waals surface area contributed by atoms with Crippen LogP contribution in [0.2, 0.25) is 5.02 Å². The fourth-order valence-corrected chi connectivity index (χ4v) is 3.29. The van der Waals surface area contributed by atoms with Gasteiger partial charge in [-0.2, -0.15) is 8.78 Å². The van der Waals surface area contributed by atoms with Crippen LogP contribution in [-0.2, 0) is 24.7 Å². The van der Waals surface area contributed by atoms with Crippen LogP contribution in [0.15, 0.2) is 61.2 Å². The van der Waals surface area contributed by atoms with E-state index in [2.05, 4.69) is 25.5 Å². The number of benzene rings is 1. The minimum absolute atomic E-state index is 0.0264. The summed E-state index contributed by atoms with van der Waals surface area (Å²) in [5, 5.41) is 21.7. The van der Waals surface area contributed by atoms with Gasteiger partial charge in [0.2, 0.25) is 0 Å². The zero-order chi connectivity index (χ0) is 24.3. The summed E-state index contributed by atoms with van der Waals surface area (Å²) in [4.78, 5) is 7.77. The fourth-order valence-electron chi connectivity index (χ4n) is 3.18. The van der Waals surface area contributed by atoms with Crippen LogP contribution in [0.4, 0.5) is 17.6 Å². The van der Waals surface area contributed by atoms with Gasteiger partial charge in [0.05, 0.1) is 23.5 Å². The van der Waals surface area contributed by atoms with E-state index in [1.54, 1.807) is 12.1 Å². The molecule has 0 amide bonds. The minimum Gasteiger partial charge on any atom is -0.486 e. The van der Waals surface area contributed by atoms with Crippen molar-refractivity contribution in [3.63, 3.8) is 0 Å². The quantitative estimate of drug-likeness (QED) is 0.373. The maximum atomic E-state index is 15.7. The Kier molecular flexibility index (Phi) is 6.44. The van der Waals surface area contributed by atoms with E-state index in [0.29, 0.717) is 16.8 Å². The topological polar surface area (TPSA) is 98.8 Å². The van der Waals surface area contributed by atoms with E-state index >= 15 is 8.78 Å². The molecule has 0 aliphatic heterocycles. The van der Waals surface area contributed by atoms with Gasteiger partial charge < -0.3 is 9.84 Å². The SMILES string of the molecule is OC(Cn1cnnn1)(c1ccc(F)cc1F)C(F)(F)c1ccc(OCc2ccc(Cl)cn2)cn1. The van der Waals surface area contributed by atoms with E-state index in [-0.39, 0.29) is 12.4 Å². The third kappa shape index (κ3) is 4.68. The molecule has 0 saturated carbocycles. The molecule has 3 heterocycles. The van der Waals surface area contributed by atoms with Gasteiger partial charge in [0.15, 0.2) is 5.60 Å². The summed E-state index contributed by atoms with van der Waals surface area (Å²) in [6.45, 7) is -0.920. The average molecular weight is 495 g/mol. The van der Waals surface area contributed by atoms with E-state index < -0.39 is 41.0 Å². The molecular formula is C21H15ClF4N6O2. The summed E-state index contributed by atoms with van der Waals surface area (Å²) in [5.74, 6) is -6.38. The number of hydrogen-bond donors (Lipinski definition) is 1. The van der Waals surface area contributed by atoms with Crippen molar-refractivity contribution >= 4 is 11.6 Å². The van der Waals surface area contributed by atoms with Gasteiger partial charge in [0.1, 0.15) is 36.0 Å². The zero-order valence-corrected chi connectivity index (χ0v) is 17.9. The molecule has 0 bridgehead atoms. The predicted octanol–water partition coefficient (Wildman–Crippen LogP) is 3.65. The van der Waals surface area contributed by atoms with Gasteiger partial charge in [-0.05, 0) is 46.8 Å². The molecule has 4 aromatic rings. The van der Waals surface area contributed by atoms with Crippen LogP contribution in [0.5, 0.6) is 5.75 Å². The lowest BCUT2D eigenvalue weighted by Crippen LogP contribution is -2.48. The van der Waals surface area contributed by atoms with Gasteiger partial charge in [0.25, 0.3) is 0 Å². The fraction of sp³-hybridized carbons (Fsp3) is 0.190. The third-order valence-corrected chi connectivity index (χ3v) is 5.14. The molecule has 4 rings (SSSR count). The van der Waals surface area contributed by atoms with Crippen molar-refractivity contribution in [3.05, 3.63) is 94.8 Å². The second-order valence-corrected chi connectivity index (χ2v) is 7.64. The summed E-state index contributed by atoms with van der Waals surface area (Å²) in [6.07, 6.45) is 3.43. The number of nitrogens with zero attached hydrogens (tertiary/aromatic N) is 6. The standard InChI is InChI=1S/C21H15ClF4N6O2/c22-13-1-3-15(27-8-13)10-34-16-4-6-19(28-9-16)21(25,26)20(33,11-32-12-29-30-31-32)17-5-2-14(23)7-18(17)24/h1-9,12,33H,10-11H2. The Morgan fingerprint density at radius 1 is 1.03 bits per heavy atom. The molecule has 0 fully saturated rings. The van der Waals surface area contributed by atoms with E-state index in [4.69, 9.17) is 16.3 Å². The molecule has 0 spiro atoms. The van der Waals surface area contributed by atoms with E-state index in [9.17, 15) is 13.9 Å². The molecule has 0 aliphatic rings. The first-order valence-electron chi connectivity index (χ1n) is 9.65. The lowest BCUT2D eigenvalue weighted by Gasteiger charge is -2.35. The first-order valence-corrected chi connectivity index (χ1v) is 10.0. The molecule has 34 heavy (non-hydrogen) atoms. The number of alkyl halides is 2. The monoisotopic (exact) mass is 494 g/mol. The Morgan fingerprint density at radius 2 is 1.85 bits per heavy atom. The van der Waals surface area contributed by atoms with Crippen LogP contribution >= 0.6 is 11.6 Å². The Labute approximate surface area is 194 Å². The molecule has 0 aliphatic carbocycles. The van der Waals surface area contributed by atoms with Gasteiger partial charge in [0, 0.05) is 17.8 Å². The summed E-state index contributed by atoms with van der Waals surface area (Å²) in [5.41, 5.74) is -4.42. The number of tetrazole rings is 1. The maximum Gasteiger partial charge on any atom is 0.323 e. The average Bonchev–Trinajstić information content (AvgIpc) is 3.31. The number of pyridine rings is 2. The van der Waals surface area contributed by atoms with Crippen LogP contribution in [0, 0.1) is 11.6 Å². The van der Waals surface area contributed by atoms with Crippen LogP contribution in [0.1, 0.15) is 17.0 Å². The first kappa shape index (κ1) is 23.5. The number of aliphatic hydroxyl groups is 1. The van der Waals surface area contributed by atoms with Crippen molar-refractivity contribution in [3.8, 4) is 5.75 Å². The van der Waals surface area contributed by atoms with Crippen molar-refractivity contribution in [1.82, 2.24) is 30.2 Å². The Hall–Kier alpha value is -3.64. The molecule has 3 aromatic heterocycles. The molecule has 1 atom stereocenters. The molecule has 1 N–H and O–H groups in total. The summed E-state index contributed by atoms with van der Waals surface area (Å²) < 4.78 is 65.5. The van der Waals surface area contributed by atoms with Crippen molar-refractivity contribution < 1.29 is 27.4 Å². The van der Waals surface area contributed by atoms with Crippen molar-refractivity contribution in [1.29, 1.82) is 0 Å². The molecule has 1 unspecified atom stereocenters. The van der Waals surface area contributed by atoms with Crippen molar-refractivity contribution in [2.24, 2.45) is 0 Å². The van der Waals surface area contributed by atoms with Gasteiger partial charge in [-0.15, -0.1) is 5.10 Å². The number of ether oxygens (including phenoxy) is 1. The van der Waals surface area contributed by atoms with Gasteiger partial charge >= 0.3 is 5.92 Å². The molecular weight excluding hydrogens is 480 g/mol. The Balaban J connectivity index is 1.63. The van der Waals surface area contributed by atoms with Crippen LogP contribution < -0.4 is 4.74 Å². The first-order chi connectivity index (χ1) is 16.2. The molecule has 8 nitrogen and oxygen atoms in total. The second kappa shape index (κ2) is 9.31. The van der Waals surface area contributed by atoms with E-state index in [1.165, 1.54) is 12.3 Å². The summed E-state index contributed by atoms with van der Waals surface area (Å²) >= 11 is 5.77. The molecule has 0 saturated heterocycles. The smallest absolute Gasteiger partial charge is 0.323 e. The maximum absolute atomic E-state index is 15.7. The van der Waals surface area contributed by atoms with Crippen LogP contribution in [0.3, 0.4) is 0 Å². The second-order valence-electron chi connectivity index (χ2n) is 7.20. The highest BCUT2D eigenvalue weighted by atomic mass is 35.5. The lowest BCUT2D eigenvalue weighted by atomic mass is 9.84. The van der Waals surface area contributed by atoms with Crippen LogP contribution in [0.25, 0.3) is 0 Å². The minimum atomic E-state index is -4.16. The molecule has 0 radical (unpaired) electrons. The normalized spacial score (nSPS) is 13.5. The zero-order valence-electron chi connectivity index (χ0n) is 17.1. The lowest BCUT2D eigenvalue weighted by molar-refractivity contribution is -0.207. The molecule has 176 valence electrons. The Bertz CT molecular complexity index is 1260. The molecule has 13 heteroatoms. The molecule has 1 aromatic carbocycles. The summed E-state index contributed by atoms with van der Waals surface area (Å²) in [6, 6.07) is 7.28. The van der Waals surface area contributed by atoms with Gasteiger partial charge in [-0.3, -0.25) is 9.97 Å². The number of rotatable bonds is 8. The van der Waals surface area contributed by atoms with Crippen LogP contribution in [-0.4, -0.2) is 35.3 Å². The van der Waals surface area contributed by atoms with E-state index in [0.717, 1.165) is 35.4 Å². The van der Waals surface area contributed by atoms with Gasteiger partial charge in [-0.1, -0.05) is 11.6 Å². The number of halogens is 5. The third-order valence-electron chi connectivity index (χ3n) is 4.91. The highest BCUT2D eigenvalue weighted by Gasteiger charge is 2.58. The Morgan fingerprint density at radius 3 is 2.47 bits per heavy atom. The van der Waals surface area contributed by atoms with Gasteiger partial charge in [-0.25, -0.2) is 13.5 Å². The number of hydrogen-bond acceptors (Lipinski definition) is 7. The van der Waals surface area contributed by atoms with Crippen molar-refractivity contribution in [2.45, 2.75) is 24.7 Å².